The third kappa shape index (κ3) is 5.07. The molecule has 1 saturated heterocycles. The number of ether oxygens (including phenoxy) is 1. The van der Waals surface area contributed by atoms with E-state index in [1.807, 2.05) is 20.8 Å². The number of amides is 2. The van der Waals surface area contributed by atoms with E-state index in [0.29, 0.717) is 13.2 Å². The Morgan fingerprint density at radius 3 is 2.50 bits per heavy atom. The van der Waals surface area contributed by atoms with Crippen LogP contribution in [-0.2, 0) is 4.74 Å². The molecule has 14 heavy (non-hydrogen) atoms. The van der Waals surface area contributed by atoms with Crippen LogP contribution < -0.4 is 5.32 Å². The minimum Gasteiger partial charge on any atom is -0.378 e. The zero-order valence-corrected chi connectivity index (χ0v) is 9.51. The predicted molar refractivity (Wildman–Crippen MR) is 59.5 cm³/mol. The van der Waals surface area contributed by atoms with Gasteiger partial charge in [0.1, 0.15) is 0 Å². The Balaban J connectivity index is 0. The normalized spacial score (nSPS) is 15.5. The topological polar surface area (TPSA) is 41.6 Å². The lowest BCUT2D eigenvalue weighted by Gasteiger charge is -2.26. The maximum Gasteiger partial charge on any atom is 0.317 e. The molecule has 0 aromatic rings. The minimum absolute atomic E-state index is 0. The number of nitrogens with one attached hydrogen (secondary N) is 1. The third-order valence-electron chi connectivity index (χ3n) is 1.82. The number of carbonyl (C=O) groups is 1. The summed E-state index contributed by atoms with van der Waals surface area (Å²) in [4.78, 5) is 13.1. The van der Waals surface area contributed by atoms with Gasteiger partial charge in [0, 0.05) is 21.1 Å². The molecule has 1 N–H and O–H groups in total. The lowest BCUT2D eigenvalue weighted by atomic mass is 10.4. The van der Waals surface area contributed by atoms with Crippen LogP contribution in [-0.4, -0.2) is 43.8 Å². The van der Waals surface area contributed by atoms with Gasteiger partial charge in [-0.15, -0.1) is 0 Å². The molecule has 0 atom stereocenters. The molecule has 0 aliphatic carbocycles. The van der Waals surface area contributed by atoms with Crippen molar-refractivity contribution in [3.63, 3.8) is 0 Å². The van der Waals surface area contributed by atoms with Gasteiger partial charge in [-0.2, -0.15) is 0 Å². The first-order valence-corrected chi connectivity index (χ1v) is 5.45. The summed E-state index contributed by atoms with van der Waals surface area (Å²) in [5.74, 6) is 0. The monoisotopic (exact) mass is 204 g/mol. The van der Waals surface area contributed by atoms with Crippen LogP contribution in [0.15, 0.2) is 0 Å². The summed E-state index contributed by atoms with van der Waals surface area (Å²) in [5, 5.41) is 2.83. The van der Waals surface area contributed by atoms with E-state index in [1.165, 1.54) is 0 Å². The molecule has 0 radical (unpaired) electrons. The first kappa shape index (κ1) is 13.2. The van der Waals surface area contributed by atoms with Crippen LogP contribution in [0.5, 0.6) is 0 Å². The molecule has 0 saturated carbocycles. The van der Waals surface area contributed by atoms with Crippen LogP contribution in [0.2, 0.25) is 0 Å². The molecule has 1 rings (SSSR count). The van der Waals surface area contributed by atoms with Crippen LogP contribution in [0.4, 0.5) is 4.79 Å². The summed E-state index contributed by atoms with van der Waals surface area (Å²) < 4.78 is 5.13. The average molecular weight is 204 g/mol. The molecule has 4 heteroatoms. The lowest BCUT2D eigenvalue weighted by molar-refractivity contribution is 0.0532. The first-order valence-electron chi connectivity index (χ1n) is 5.45. The number of morpholine rings is 1. The largest absolute Gasteiger partial charge is 0.378 e. The van der Waals surface area contributed by atoms with Crippen LogP contribution in [0.1, 0.15) is 28.6 Å². The SMILES string of the molecule is CC.CCCNC(=O)N1CCOCC1.[HH]. The van der Waals surface area contributed by atoms with E-state index >= 15 is 0 Å². The second-order valence-corrected chi connectivity index (χ2v) is 2.83. The minimum atomic E-state index is 0. The fourth-order valence-corrected chi connectivity index (χ4v) is 1.11. The van der Waals surface area contributed by atoms with Gasteiger partial charge in [-0.25, -0.2) is 4.79 Å². The standard InChI is InChI=1S/C8H16N2O2.C2H6.H2/c1-2-3-9-8(11)10-4-6-12-7-5-10;1-2;/h2-7H2,1H3,(H,9,11);1-2H3;1H. The molecule has 1 heterocycles. The number of carbonyl (C=O) groups excluding carboxylic acids is 1. The highest BCUT2D eigenvalue weighted by Crippen LogP contribution is 1.96. The van der Waals surface area contributed by atoms with Gasteiger partial charge in [-0.1, -0.05) is 20.8 Å². The Hall–Kier alpha value is -0.770. The Morgan fingerprint density at radius 2 is 2.00 bits per heavy atom. The van der Waals surface area contributed by atoms with Gasteiger partial charge in [0.15, 0.2) is 0 Å². The molecular formula is C10H24N2O2. The van der Waals surface area contributed by atoms with Gasteiger partial charge in [-0.3, -0.25) is 0 Å². The van der Waals surface area contributed by atoms with Crippen molar-refractivity contribution >= 4 is 6.03 Å². The fraction of sp³-hybridized carbons (Fsp3) is 0.900. The van der Waals surface area contributed by atoms with Crippen molar-refractivity contribution in [1.82, 2.24) is 10.2 Å². The first-order chi connectivity index (χ1) is 6.84. The summed E-state index contributed by atoms with van der Waals surface area (Å²) in [7, 11) is 0. The zero-order valence-electron chi connectivity index (χ0n) is 9.51. The second kappa shape index (κ2) is 8.81. The van der Waals surface area contributed by atoms with Crippen LogP contribution >= 0.6 is 0 Å². The van der Waals surface area contributed by atoms with E-state index in [-0.39, 0.29) is 7.46 Å². The molecule has 0 bridgehead atoms. The highest BCUT2D eigenvalue weighted by Gasteiger charge is 2.15. The van der Waals surface area contributed by atoms with Crippen molar-refractivity contribution in [3.8, 4) is 0 Å². The van der Waals surface area contributed by atoms with Gasteiger partial charge in [0.25, 0.3) is 0 Å². The van der Waals surface area contributed by atoms with Crippen LogP contribution in [0.25, 0.3) is 0 Å². The molecule has 0 spiro atoms. The highest BCUT2D eigenvalue weighted by molar-refractivity contribution is 5.74. The zero-order chi connectivity index (χ0) is 10.8. The molecular weight excluding hydrogens is 180 g/mol. The van der Waals surface area contributed by atoms with Crippen molar-refractivity contribution in [1.29, 1.82) is 0 Å². The fourth-order valence-electron chi connectivity index (χ4n) is 1.11. The molecule has 1 fully saturated rings. The summed E-state index contributed by atoms with van der Waals surface area (Å²) in [6.07, 6.45) is 0.982. The highest BCUT2D eigenvalue weighted by atomic mass is 16.5. The Morgan fingerprint density at radius 1 is 1.43 bits per heavy atom. The predicted octanol–water partition coefficient (Wildman–Crippen LogP) is 1.71. The van der Waals surface area contributed by atoms with E-state index in [9.17, 15) is 4.79 Å². The van der Waals surface area contributed by atoms with Crippen molar-refractivity contribution in [2.45, 2.75) is 27.2 Å². The summed E-state index contributed by atoms with van der Waals surface area (Å²) in [6.45, 7) is 9.57. The quantitative estimate of drug-likeness (QED) is 0.744. The molecule has 0 aromatic heterocycles. The number of rotatable bonds is 2. The number of hydrogen-bond donors (Lipinski definition) is 1. The molecule has 2 amide bonds. The summed E-state index contributed by atoms with van der Waals surface area (Å²) >= 11 is 0. The average Bonchev–Trinajstić information content (AvgIpc) is 2.30. The molecule has 0 aromatic carbocycles. The number of hydrogen-bond acceptors (Lipinski definition) is 2. The Kier molecular flexibility index (Phi) is 8.33. The van der Waals surface area contributed by atoms with E-state index in [0.717, 1.165) is 26.1 Å². The molecule has 1 aliphatic rings. The van der Waals surface area contributed by atoms with Gasteiger partial charge >= 0.3 is 6.03 Å². The van der Waals surface area contributed by atoms with Gasteiger partial charge < -0.3 is 15.0 Å². The van der Waals surface area contributed by atoms with Crippen LogP contribution in [0, 0.1) is 0 Å². The summed E-state index contributed by atoms with van der Waals surface area (Å²) in [5.41, 5.74) is 0. The van der Waals surface area contributed by atoms with Crippen molar-refractivity contribution in [2.24, 2.45) is 0 Å². The van der Waals surface area contributed by atoms with Gasteiger partial charge in [-0.05, 0) is 6.42 Å². The second-order valence-electron chi connectivity index (χ2n) is 2.83. The van der Waals surface area contributed by atoms with Crippen molar-refractivity contribution < 1.29 is 11.0 Å². The number of urea groups is 1. The van der Waals surface area contributed by atoms with Gasteiger partial charge in [0.05, 0.1) is 13.2 Å². The maximum absolute atomic E-state index is 11.3. The van der Waals surface area contributed by atoms with Gasteiger partial charge in [0.2, 0.25) is 0 Å². The smallest absolute Gasteiger partial charge is 0.317 e. The molecule has 86 valence electrons. The van der Waals surface area contributed by atoms with E-state index in [2.05, 4.69) is 5.32 Å². The lowest BCUT2D eigenvalue weighted by Crippen LogP contribution is -2.46. The molecule has 1 aliphatic heterocycles. The van der Waals surface area contributed by atoms with E-state index in [4.69, 9.17) is 4.74 Å². The maximum atomic E-state index is 11.3. The Bertz CT molecular complexity index is 150. The van der Waals surface area contributed by atoms with Crippen molar-refractivity contribution in [2.75, 3.05) is 32.8 Å². The third-order valence-corrected chi connectivity index (χ3v) is 1.82. The summed E-state index contributed by atoms with van der Waals surface area (Å²) in [6, 6.07) is 0.0418. The van der Waals surface area contributed by atoms with E-state index < -0.39 is 0 Å². The molecule has 4 nitrogen and oxygen atoms in total. The van der Waals surface area contributed by atoms with E-state index in [1.54, 1.807) is 4.90 Å². The van der Waals surface area contributed by atoms with Crippen LogP contribution in [0.3, 0.4) is 0 Å². The Labute approximate surface area is 88.1 Å². The van der Waals surface area contributed by atoms with Crippen molar-refractivity contribution in [3.05, 3.63) is 0 Å². The molecule has 0 unspecified atom stereocenters. The number of nitrogens with zero attached hydrogens (tertiary/aromatic N) is 1.